The minimum absolute atomic E-state index is 0. The molecule has 8 heteroatoms. The zero-order valence-corrected chi connectivity index (χ0v) is 19.3. The van der Waals surface area contributed by atoms with E-state index in [0.717, 1.165) is 18.6 Å². The standard InChI is InChI=1S/C20H32N4O3.HI/c1-4-26-20(25)24-12-9-17(10-13-24)23-19(21)22-11-14-27-18-7-5-16(6-8-18)15(2)3;/h5-8,15,17H,4,9-14H2,1-3H3,(H3,21,22,23);1H. The number of nitrogens with two attached hydrogens (primary N) is 1. The Kier molecular flexibility index (Phi) is 11.0. The van der Waals surface area contributed by atoms with Crippen LogP contribution in [0.2, 0.25) is 0 Å². The smallest absolute Gasteiger partial charge is 0.409 e. The Labute approximate surface area is 185 Å². The third-order valence-corrected chi connectivity index (χ3v) is 4.56. The van der Waals surface area contributed by atoms with Crippen molar-refractivity contribution in [3.63, 3.8) is 0 Å². The number of halogens is 1. The summed E-state index contributed by atoms with van der Waals surface area (Å²) in [5.41, 5.74) is 7.25. The first-order valence-electron chi connectivity index (χ1n) is 9.70. The van der Waals surface area contributed by atoms with Gasteiger partial charge in [-0.2, -0.15) is 0 Å². The first-order chi connectivity index (χ1) is 13.0. The largest absolute Gasteiger partial charge is 0.492 e. The zero-order valence-electron chi connectivity index (χ0n) is 17.0. The molecule has 3 N–H and O–H groups in total. The summed E-state index contributed by atoms with van der Waals surface area (Å²) in [6.07, 6.45) is 1.41. The summed E-state index contributed by atoms with van der Waals surface area (Å²) in [5, 5.41) is 3.22. The maximum Gasteiger partial charge on any atom is 0.409 e. The maximum atomic E-state index is 11.7. The number of aliphatic imine (C=N–C) groups is 1. The highest BCUT2D eigenvalue weighted by atomic mass is 127. The summed E-state index contributed by atoms with van der Waals surface area (Å²) in [4.78, 5) is 17.7. The van der Waals surface area contributed by atoms with Crippen molar-refractivity contribution in [3.8, 4) is 5.75 Å². The van der Waals surface area contributed by atoms with Crippen molar-refractivity contribution in [3.05, 3.63) is 29.8 Å². The normalized spacial score (nSPS) is 15.1. The van der Waals surface area contributed by atoms with E-state index < -0.39 is 0 Å². The fraction of sp³-hybridized carbons (Fsp3) is 0.600. The van der Waals surface area contributed by atoms with Crippen LogP contribution < -0.4 is 15.8 Å². The summed E-state index contributed by atoms with van der Waals surface area (Å²) in [7, 11) is 0. The second-order valence-electron chi connectivity index (χ2n) is 6.94. The number of amides is 1. The maximum absolute atomic E-state index is 11.7. The molecule has 2 rings (SSSR count). The lowest BCUT2D eigenvalue weighted by Gasteiger charge is -2.31. The van der Waals surface area contributed by atoms with Gasteiger partial charge in [0, 0.05) is 19.1 Å². The summed E-state index contributed by atoms with van der Waals surface area (Å²) < 4.78 is 10.7. The van der Waals surface area contributed by atoms with Gasteiger partial charge in [-0.1, -0.05) is 26.0 Å². The number of rotatable bonds is 7. The average molecular weight is 504 g/mol. The van der Waals surface area contributed by atoms with Crippen LogP contribution in [-0.4, -0.2) is 55.8 Å². The van der Waals surface area contributed by atoms with E-state index in [0.29, 0.717) is 44.7 Å². The van der Waals surface area contributed by atoms with Gasteiger partial charge >= 0.3 is 6.09 Å². The Hall–Kier alpha value is -1.71. The fourth-order valence-electron chi connectivity index (χ4n) is 2.95. The van der Waals surface area contributed by atoms with Gasteiger partial charge in [-0.05, 0) is 43.4 Å². The third-order valence-electron chi connectivity index (χ3n) is 4.56. The topological polar surface area (TPSA) is 89.2 Å². The van der Waals surface area contributed by atoms with E-state index in [1.165, 1.54) is 5.56 Å². The van der Waals surface area contributed by atoms with E-state index in [1.54, 1.807) is 4.90 Å². The van der Waals surface area contributed by atoms with Crippen molar-refractivity contribution in [2.24, 2.45) is 10.7 Å². The predicted molar refractivity (Wildman–Crippen MR) is 123 cm³/mol. The van der Waals surface area contributed by atoms with Gasteiger partial charge in [-0.25, -0.2) is 9.79 Å². The molecule has 1 amide bonds. The van der Waals surface area contributed by atoms with Crippen molar-refractivity contribution in [1.82, 2.24) is 10.2 Å². The minimum Gasteiger partial charge on any atom is -0.492 e. The van der Waals surface area contributed by atoms with Crippen molar-refractivity contribution in [1.29, 1.82) is 0 Å². The van der Waals surface area contributed by atoms with Gasteiger partial charge in [-0.3, -0.25) is 0 Å². The van der Waals surface area contributed by atoms with Crippen LogP contribution in [0.25, 0.3) is 0 Å². The molecule has 0 saturated carbocycles. The molecule has 158 valence electrons. The summed E-state index contributed by atoms with van der Waals surface area (Å²) >= 11 is 0. The van der Waals surface area contributed by atoms with Crippen molar-refractivity contribution in [2.75, 3.05) is 32.8 Å². The molecule has 1 fully saturated rings. The van der Waals surface area contributed by atoms with Gasteiger partial charge in [0.05, 0.1) is 13.2 Å². The van der Waals surface area contributed by atoms with Crippen LogP contribution in [-0.2, 0) is 4.74 Å². The number of hydrogen-bond donors (Lipinski definition) is 2. The average Bonchev–Trinajstić information content (AvgIpc) is 2.66. The molecule has 1 aliphatic heterocycles. The number of nitrogens with zero attached hydrogens (tertiary/aromatic N) is 2. The SMILES string of the molecule is CCOC(=O)N1CCC(NC(N)=NCCOc2ccc(C(C)C)cc2)CC1.I. The molecule has 1 aliphatic rings. The van der Waals surface area contributed by atoms with E-state index in [2.05, 4.69) is 36.3 Å². The molecule has 1 aromatic rings. The lowest BCUT2D eigenvalue weighted by atomic mass is 10.0. The zero-order chi connectivity index (χ0) is 19.6. The fourth-order valence-corrected chi connectivity index (χ4v) is 2.95. The van der Waals surface area contributed by atoms with Gasteiger partial charge in [0.15, 0.2) is 5.96 Å². The van der Waals surface area contributed by atoms with Crippen LogP contribution in [0.1, 0.15) is 45.1 Å². The van der Waals surface area contributed by atoms with E-state index in [4.69, 9.17) is 15.2 Å². The number of nitrogens with one attached hydrogen (secondary N) is 1. The lowest BCUT2D eigenvalue weighted by molar-refractivity contribution is 0.0963. The molecule has 0 aromatic heterocycles. The molecule has 0 bridgehead atoms. The van der Waals surface area contributed by atoms with Crippen LogP contribution in [0.3, 0.4) is 0 Å². The quantitative estimate of drug-likeness (QED) is 0.258. The molecule has 0 aliphatic carbocycles. The second kappa shape index (κ2) is 12.7. The van der Waals surface area contributed by atoms with Crippen LogP contribution >= 0.6 is 24.0 Å². The van der Waals surface area contributed by atoms with E-state index in [9.17, 15) is 4.79 Å². The molecular formula is C20H33IN4O3. The number of hydrogen-bond acceptors (Lipinski definition) is 4. The van der Waals surface area contributed by atoms with E-state index in [1.807, 2.05) is 19.1 Å². The van der Waals surface area contributed by atoms with Crippen LogP contribution in [0.5, 0.6) is 5.75 Å². The molecule has 1 aromatic carbocycles. The highest BCUT2D eigenvalue weighted by molar-refractivity contribution is 14.0. The third kappa shape index (κ3) is 8.12. The Balaban J connectivity index is 0.00000392. The highest BCUT2D eigenvalue weighted by Crippen LogP contribution is 2.18. The minimum atomic E-state index is -0.240. The monoisotopic (exact) mass is 504 g/mol. The molecule has 0 atom stereocenters. The van der Waals surface area contributed by atoms with Gasteiger partial charge < -0.3 is 25.4 Å². The first-order valence-corrected chi connectivity index (χ1v) is 9.70. The number of carbonyl (C=O) groups is 1. The van der Waals surface area contributed by atoms with Crippen LogP contribution in [0.4, 0.5) is 4.79 Å². The Morgan fingerprint density at radius 3 is 2.50 bits per heavy atom. The Morgan fingerprint density at radius 2 is 1.93 bits per heavy atom. The number of piperidine rings is 1. The van der Waals surface area contributed by atoms with E-state index >= 15 is 0 Å². The number of ether oxygens (including phenoxy) is 2. The number of benzene rings is 1. The molecule has 7 nitrogen and oxygen atoms in total. The number of likely N-dealkylation sites (tertiary alicyclic amines) is 1. The second-order valence-corrected chi connectivity index (χ2v) is 6.94. The summed E-state index contributed by atoms with van der Waals surface area (Å²) in [5.74, 6) is 1.77. The molecule has 0 unspecified atom stereocenters. The Morgan fingerprint density at radius 1 is 1.29 bits per heavy atom. The molecule has 0 spiro atoms. The molecule has 1 saturated heterocycles. The van der Waals surface area contributed by atoms with Gasteiger partial charge in [-0.15, -0.1) is 24.0 Å². The number of guanidine groups is 1. The lowest BCUT2D eigenvalue weighted by Crippen LogP contribution is -2.48. The van der Waals surface area contributed by atoms with Gasteiger partial charge in [0.2, 0.25) is 0 Å². The van der Waals surface area contributed by atoms with Crippen molar-refractivity contribution < 1.29 is 14.3 Å². The van der Waals surface area contributed by atoms with E-state index in [-0.39, 0.29) is 36.1 Å². The molecule has 28 heavy (non-hydrogen) atoms. The molecular weight excluding hydrogens is 471 g/mol. The molecule has 0 radical (unpaired) electrons. The van der Waals surface area contributed by atoms with Crippen LogP contribution in [0.15, 0.2) is 29.3 Å². The summed E-state index contributed by atoms with van der Waals surface area (Å²) in [6.45, 7) is 8.85. The van der Waals surface area contributed by atoms with Crippen molar-refractivity contribution >= 4 is 36.0 Å². The number of carbonyl (C=O) groups excluding carboxylic acids is 1. The first kappa shape index (κ1) is 24.3. The Bertz CT molecular complexity index is 614. The van der Waals surface area contributed by atoms with Gasteiger partial charge in [0.25, 0.3) is 0 Å². The predicted octanol–water partition coefficient (Wildman–Crippen LogP) is 3.33. The highest BCUT2D eigenvalue weighted by Gasteiger charge is 2.23. The van der Waals surface area contributed by atoms with Gasteiger partial charge in [0.1, 0.15) is 12.4 Å². The van der Waals surface area contributed by atoms with Crippen molar-refractivity contribution in [2.45, 2.75) is 45.6 Å². The van der Waals surface area contributed by atoms with Crippen LogP contribution in [0, 0.1) is 0 Å². The molecule has 1 heterocycles. The summed E-state index contributed by atoms with van der Waals surface area (Å²) in [6, 6.07) is 8.36.